The van der Waals surface area contributed by atoms with Crippen LogP contribution < -0.4 is 4.90 Å². The number of benzene rings is 9. The Morgan fingerprint density at radius 1 is 0.413 bits per heavy atom. The summed E-state index contributed by atoms with van der Waals surface area (Å²) in [6, 6.07) is 75.6. The van der Waals surface area contributed by atoms with Gasteiger partial charge >= 0.3 is 0 Å². The zero-order chi connectivity index (χ0) is 42.0. The van der Waals surface area contributed by atoms with Crippen molar-refractivity contribution in [2.75, 3.05) is 4.90 Å². The Bertz CT molecular complexity index is 3720. The molecular weight excluding hydrogens is 763 g/mol. The number of fused-ring (bicyclic) bond motifs is 9. The quantitative estimate of drug-likeness (QED) is 0.139. The summed E-state index contributed by atoms with van der Waals surface area (Å²) in [5, 5.41) is 7.55. The predicted octanol–water partition coefficient (Wildman–Crippen LogP) is 16.9. The highest BCUT2D eigenvalue weighted by atomic mass is 15.1. The fourth-order valence-corrected chi connectivity index (χ4v) is 10.2. The molecule has 0 aliphatic heterocycles. The molecule has 0 spiro atoms. The van der Waals surface area contributed by atoms with Crippen LogP contribution in [-0.4, -0.2) is 8.97 Å². The standard InChI is InChI=1S/C60H43N3/c1-3-16-45(4-2)62-54-38-33-44(41-19-9-6-10-20-41)39-52(54)58-48(22-14-26-55(58)62)43-31-36-47(37-32-43)61(46-34-29-42(30-35-46)40-17-7-5-8-18-40)56-27-15-28-57-59(56)51-24-13-23-50-49-21-11-12-25-53(49)63(57)60(50)51/h3-39H,1-2H3/b16-3-,45-4+. The molecule has 0 bridgehead atoms. The molecule has 0 amide bonds. The normalized spacial score (nSPS) is 12.3. The minimum atomic E-state index is 1.10. The Morgan fingerprint density at radius 3 is 1.71 bits per heavy atom. The number of allylic oxidation sites excluding steroid dienone is 4. The number of hydrogen-bond acceptors (Lipinski definition) is 1. The number of hydrogen-bond donors (Lipinski definition) is 0. The van der Waals surface area contributed by atoms with Crippen molar-refractivity contribution in [3.63, 3.8) is 0 Å². The second kappa shape index (κ2) is 14.8. The minimum Gasteiger partial charge on any atom is -0.310 e. The molecule has 3 heteroatoms. The van der Waals surface area contributed by atoms with Crippen LogP contribution in [0.5, 0.6) is 0 Å². The molecular formula is C60H43N3. The molecule has 0 radical (unpaired) electrons. The summed E-state index contributed by atoms with van der Waals surface area (Å²) >= 11 is 0. The molecule has 0 fully saturated rings. The van der Waals surface area contributed by atoms with Gasteiger partial charge < -0.3 is 13.9 Å². The van der Waals surface area contributed by atoms with E-state index in [1.54, 1.807) is 0 Å². The highest BCUT2D eigenvalue weighted by molar-refractivity contribution is 6.26. The van der Waals surface area contributed by atoms with E-state index in [0.717, 1.165) is 22.8 Å². The minimum absolute atomic E-state index is 1.10. The van der Waals surface area contributed by atoms with Crippen molar-refractivity contribution < 1.29 is 0 Å². The third-order valence-electron chi connectivity index (χ3n) is 12.9. The largest absolute Gasteiger partial charge is 0.310 e. The first-order valence-corrected chi connectivity index (χ1v) is 21.8. The van der Waals surface area contributed by atoms with Crippen molar-refractivity contribution in [3.8, 4) is 33.4 Å². The van der Waals surface area contributed by atoms with Crippen LogP contribution in [0.3, 0.4) is 0 Å². The molecule has 12 rings (SSSR count). The van der Waals surface area contributed by atoms with Crippen molar-refractivity contribution in [3.05, 3.63) is 224 Å². The smallest absolute Gasteiger partial charge is 0.0621 e. The van der Waals surface area contributed by atoms with Gasteiger partial charge in [-0.15, -0.1) is 0 Å². The summed E-state index contributed by atoms with van der Waals surface area (Å²) in [6.45, 7) is 4.21. The van der Waals surface area contributed by atoms with Crippen molar-refractivity contribution >= 4 is 82.7 Å². The molecule has 0 unspecified atom stereocenters. The molecule has 0 saturated heterocycles. The Balaban J connectivity index is 1.06. The van der Waals surface area contributed by atoms with Gasteiger partial charge in [-0.2, -0.15) is 0 Å². The lowest BCUT2D eigenvalue weighted by atomic mass is 9.97. The summed E-state index contributed by atoms with van der Waals surface area (Å²) in [7, 11) is 0. The second-order valence-electron chi connectivity index (χ2n) is 16.4. The Labute approximate surface area is 366 Å². The zero-order valence-electron chi connectivity index (χ0n) is 35.2. The SMILES string of the molecule is C/C=C\C(=C/C)n1c2ccc(-c3ccccc3)cc2c2c(-c3ccc(N(c4ccc(-c5ccccc5)cc4)c4cccc5c4c4cccc6c7ccccc7n5c64)cc3)cccc21. The maximum atomic E-state index is 2.47. The lowest BCUT2D eigenvalue weighted by Crippen LogP contribution is -2.10. The summed E-state index contributed by atoms with van der Waals surface area (Å²) < 4.78 is 4.88. The van der Waals surface area contributed by atoms with Crippen LogP contribution in [0.15, 0.2) is 224 Å². The van der Waals surface area contributed by atoms with Gasteiger partial charge in [0.1, 0.15) is 0 Å². The van der Waals surface area contributed by atoms with E-state index in [-0.39, 0.29) is 0 Å². The topological polar surface area (TPSA) is 12.6 Å². The van der Waals surface area contributed by atoms with Gasteiger partial charge in [0.05, 0.1) is 33.3 Å². The molecule has 0 aliphatic rings. The first kappa shape index (κ1) is 36.7. The highest BCUT2D eigenvalue weighted by Crippen LogP contribution is 2.47. The molecule has 298 valence electrons. The van der Waals surface area contributed by atoms with Gasteiger partial charge in [-0.25, -0.2) is 0 Å². The van der Waals surface area contributed by atoms with Gasteiger partial charge in [0.15, 0.2) is 0 Å². The summed E-state index contributed by atoms with van der Waals surface area (Å²) in [4.78, 5) is 2.44. The molecule has 0 aliphatic carbocycles. The van der Waals surface area contributed by atoms with Crippen molar-refractivity contribution in [2.45, 2.75) is 13.8 Å². The predicted molar refractivity (Wildman–Crippen MR) is 270 cm³/mol. The third-order valence-corrected chi connectivity index (χ3v) is 12.9. The van der Waals surface area contributed by atoms with Gasteiger partial charge in [0, 0.05) is 49.4 Å². The van der Waals surface area contributed by atoms with Crippen molar-refractivity contribution in [2.24, 2.45) is 0 Å². The van der Waals surface area contributed by atoms with Gasteiger partial charge in [0.25, 0.3) is 0 Å². The van der Waals surface area contributed by atoms with Gasteiger partial charge in [0.2, 0.25) is 0 Å². The van der Waals surface area contributed by atoms with Crippen molar-refractivity contribution in [1.29, 1.82) is 0 Å². The van der Waals surface area contributed by atoms with Gasteiger partial charge in [-0.05, 0) is 114 Å². The van der Waals surface area contributed by atoms with E-state index in [0.29, 0.717) is 0 Å². The molecule has 0 saturated carbocycles. The first-order valence-electron chi connectivity index (χ1n) is 21.8. The number of aromatic nitrogens is 2. The number of nitrogens with zero attached hydrogens (tertiary/aromatic N) is 3. The lowest BCUT2D eigenvalue weighted by Gasteiger charge is -2.27. The highest BCUT2D eigenvalue weighted by Gasteiger charge is 2.24. The average Bonchev–Trinajstić information content (AvgIpc) is 4.00. The lowest BCUT2D eigenvalue weighted by molar-refractivity contribution is 1.23. The maximum Gasteiger partial charge on any atom is 0.0621 e. The summed E-state index contributed by atoms with van der Waals surface area (Å²) in [5.74, 6) is 0. The summed E-state index contributed by atoms with van der Waals surface area (Å²) in [5.41, 5.74) is 17.8. The van der Waals surface area contributed by atoms with E-state index < -0.39 is 0 Å². The second-order valence-corrected chi connectivity index (χ2v) is 16.4. The molecule has 12 aromatic rings. The van der Waals surface area contributed by atoms with E-state index in [9.17, 15) is 0 Å². The molecule has 3 heterocycles. The van der Waals surface area contributed by atoms with E-state index >= 15 is 0 Å². The first-order chi connectivity index (χ1) is 31.2. The monoisotopic (exact) mass is 805 g/mol. The van der Waals surface area contributed by atoms with Crippen LogP contribution in [0, 0.1) is 0 Å². The number of anilines is 3. The molecule has 3 aromatic heterocycles. The maximum absolute atomic E-state index is 2.47. The third kappa shape index (κ3) is 5.74. The van der Waals surface area contributed by atoms with E-state index in [4.69, 9.17) is 0 Å². The zero-order valence-corrected chi connectivity index (χ0v) is 35.2. The van der Waals surface area contributed by atoms with Crippen LogP contribution in [0.1, 0.15) is 13.8 Å². The van der Waals surface area contributed by atoms with E-state index in [2.05, 4.69) is 252 Å². The molecule has 9 aromatic carbocycles. The van der Waals surface area contributed by atoms with E-state index in [1.807, 2.05) is 0 Å². The molecule has 63 heavy (non-hydrogen) atoms. The summed E-state index contributed by atoms with van der Waals surface area (Å²) in [6.07, 6.45) is 6.52. The fraction of sp³-hybridized carbons (Fsp3) is 0.0333. The number of rotatable bonds is 8. The molecule has 0 N–H and O–H groups in total. The van der Waals surface area contributed by atoms with Crippen LogP contribution in [0.4, 0.5) is 17.1 Å². The fourth-order valence-electron chi connectivity index (χ4n) is 10.2. The van der Waals surface area contributed by atoms with Gasteiger partial charge in [-0.3, -0.25) is 0 Å². The van der Waals surface area contributed by atoms with Crippen LogP contribution in [0.2, 0.25) is 0 Å². The number of para-hydroxylation sites is 2. The van der Waals surface area contributed by atoms with Crippen molar-refractivity contribution in [1.82, 2.24) is 8.97 Å². The van der Waals surface area contributed by atoms with Crippen LogP contribution in [-0.2, 0) is 0 Å². The van der Waals surface area contributed by atoms with E-state index in [1.165, 1.54) is 93.3 Å². The molecule has 3 nitrogen and oxygen atoms in total. The van der Waals surface area contributed by atoms with Gasteiger partial charge in [-0.1, -0.05) is 158 Å². The van der Waals surface area contributed by atoms with Crippen LogP contribution >= 0.6 is 0 Å². The van der Waals surface area contributed by atoms with Crippen LogP contribution in [0.25, 0.3) is 99.0 Å². The Kier molecular flexibility index (Phi) is 8.62. The molecule has 0 atom stereocenters. The average molecular weight is 806 g/mol. The Hall–Kier alpha value is -8.14. The Morgan fingerprint density at radius 2 is 0.984 bits per heavy atom.